The molecule has 1 aliphatic heterocycles. The molecule has 168 valence electrons. The molecule has 2 unspecified atom stereocenters. The second kappa shape index (κ2) is 9.82. The first-order valence-electron chi connectivity index (χ1n) is 11.6. The van der Waals surface area contributed by atoms with Gasteiger partial charge in [-0.2, -0.15) is 0 Å². The highest BCUT2D eigenvalue weighted by Crippen LogP contribution is 2.37. The zero-order chi connectivity index (χ0) is 21.7. The van der Waals surface area contributed by atoms with Crippen LogP contribution >= 0.6 is 0 Å². The Morgan fingerprint density at radius 2 is 1.39 bits per heavy atom. The fourth-order valence-corrected chi connectivity index (χ4v) is 7.35. The third kappa shape index (κ3) is 5.37. The Morgan fingerprint density at radius 3 is 1.97 bits per heavy atom. The van der Waals surface area contributed by atoms with E-state index >= 15 is 0 Å². The Morgan fingerprint density at radius 1 is 0.839 bits per heavy atom. The van der Waals surface area contributed by atoms with E-state index in [1.165, 1.54) is 19.3 Å². The molecule has 0 aromatic heterocycles. The maximum atomic E-state index is 13.6. The topological polar surface area (TPSA) is 75.4 Å². The maximum absolute atomic E-state index is 13.6. The predicted molar refractivity (Wildman–Crippen MR) is 126 cm³/mol. The summed E-state index contributed by atoms with van der Waals surface area (Å²) in [5.74, 6) is 0.158. The summed E-state index contributed by atoms with van der Waals surface area (Å²) in [6, 6.07) is 18.5. The number of rotatable bonds is 8. The Bertz CT molecular complexity index is 922. The van der Waals surface area contributed by atoms with Crippen LogP contribution in [0.25, 0.3) is 0 Å². The van der Waals surface area contributed by atoms with Crippen molar-refractivity contribution in [2.75, 3.05) is 18.8 Å². The number of sulfonamides is 1. The average Bonchev–Trinajstić information content (AvgIpc) is 3.35. The van der Waals surface area contributed by atoms with E-state index in [9.17, 15) is 8.42 Å². The lowest BCUT2D eigenvalue weighted by atomic mass is 9.82. The third-order valence-electron chi connectivity index (χ3n) is 7.03. The quantitative estimate of drug-likeness (QED) is 0.645. The van der Waals surface area contributed by atoms with Crippen LogP contribution in [0, 0.1) is 0 Å². The molecule has 1 saturated carbocycles. The van der Waals surface area contributed by atoms with E-state index < -0.39 is 22.1 Å². The molecule has 31 heavy (non-hydrogen) atoms. The summed E-state index contributed by atoms with van der Waals surface area (Å²) in [5.41, 5.74) is 8.20. The second-order valence-corrected chi connectivity index (χ2v) is 10.9. The molecule has 3 N–H and O–H groups in total. The van der Waals surface area contributed by atoms with Gasteiger partial charge in [0.1, 0.15) is 0 Å². The summed E-state index contributed by atoms with van der Waals surface area (Å²) in [7, 11) is -3.55. The molecule has 0 radical (unpaired) electrons. The van der Waals surface area contributed by atoms with Crippen molar-refractivity contribution in [3.63, 3.8) is 0 Å². The third-order valence-corrected chi connectivity index (χ3v) is 8.56. The molecule has 0 spiro atoms. The van der Waals surface area contributed by atoms with Crippen LogP contribution in [0.4, 0.5) is 0 Å². The number of likely N-dealkylation sites (tertiary alicyclic amines) is 1. The number of hydrogen-bond donors (Lipinski definition) is 2. The van der Waals surface area contributed by atoms with E-state index in [-0.39, 0.29) is 11.3 Å². The van der Waals surface area contributed by atoms with Crippen molar-refractivity contribution in [2.24, 2.45) is 5.73 Å². The van der Waals surface area contributed by atoms with Gasteiger partial charge >= 0.3 is 0 Å². The van der Waals surface area contributed by atoms with Crippen molar-refractivity contribution in [2.45, 2.75) is 62.6 Å². The molecule has 2 aliphatic rings. The first-order chi connectivity index (χ1) is 15.0. The van der Waals surface area contributed by atoms with E-state index in [1.807, 2.05) is 60.7 Å². The van der Waals surface area contributed by atoms with Gasteiger partial charge in [0, 0.05) is 5.54 Å². The van der Waals surface area contributed by atoms with Crippen LogP contribution in [0.15, 0.2) is 60.7 Å². The van der Waals surface area contributed by atoms with Crippen molar-refractivity contribution in [3.05, 3.63) is 71.8 Å². The van der Waals surface area contributed by atoms with Gasteiger partial charge in [0.15, 0.2) is 0 Å². The second-order valence-electron chi connectivity index (χ2n) is 9.18. The summed E-state index contributed by atoms with van der Waals surface area (Å²) in [4.78, 5) is 2.46. The first kappa shape index (κ1) is 22.5. The standard InChI is InChI=1S/C25H35N3O2S/c26-23(21-12-4-1-5-13-21)24(22-14-6-2-7-15-22)27-31(29,30)20-25(16-8-3-9-17-25)28-18-10-11-19-28/h1-2,4-7,12-15,23-24,27H,3,8-11,16-20,26H2. The van der Waals surface area contributed by atoms with Crippen LogP contribution in [0.5, 0.6) is 0 Å². The van der Waals surface area contributed by atoms with Gasteiger partial charge in [0.2, 0.25) is 10.0 Å². The molecular weight excluding hydrogens is 406 g/mol. The van der Waals surface area contributed by atoms with Gasteiger partial charge in [0.05, 0.1) is 17.8 Å². The molecule has 2 fully saturated rings. The summed E-state index contributed by atoms with van der Waals surface area (Å²) in [6.07, 6.45) is 7.69. The summed E-state index contributed by atoms with van der Waals surface area (Å²) in [6.45, 7) is 2.03. The average molecular weight is 442 g/mol. The molecule has 2 atom stereocenters. The lowest BCUT2D eigenvalue weighted by Crippen LogP contribution is -2.55. The van der Waals surface area contributed by atoms with Crippen molar-refractivity contribution < 1.29 is 8.42 Å². The Labute approximate surface area is 187 Å². The summed E-state index contributed by atoms with van der Waals surface area (Å²) in [5, 5.41) is 0. The van der Waals surface area contributed by atoms with Gasteiger partial charge in [0.25, 0.3) is 0 Å². The minimum absolute atomic E-state index is 0.158. The van der Waals surface area contributed by atoms with E-state index in [2.05, 4.69) is 9.62 Å². The Hall–Kier alpha value is -1.73. The minimum Gasteiger partial charge on any atom is -0.322 e. The van der Waals surface area contributed by atoms with E-state index in [1.54, 1.807) is 0 Å². The van der Waals surface area contributed by atoms with Gasteiger partial charge in [-0.05, 0) is 49.9 Å². The molecule has 5 nitrogen and oxygen atoms in total. The number of nitrogens with zero attached hydrogens (tertiary/aromatic N) is 1. The number of nitrogens with two attached hydrogens (primary N) is 1. The molecule has 1 aliphatic carbocycles. The summed E-state index contributed by atoms with van der Waals surface area (Å²) >= 11 is 0. The molecule has 1 heterocycles. The molecule has 0 bridgehead atoms. The van der Waals surface area contributed by atoms with E-state index in [0.717, 1.165) is 49.9 Å². The molecule has 2 aromatic rings. The zero-order valence-corrected chi connectivity index (χ0v) is 19.1. The zero-order valence-electron chi connectivity index (χ0n) is 18.2. The molecule has 6 heteroatoms. The van der Waals surface area contributed by atoms with Crippen LogP contribution in [-0.2, 0) is 10.0 Å². The van der Waals surface area contributed by atoms with Crippen molar-refractivity contribution >= 4 is 10.0 Å². The molecule has 4 rings (SSSR count). The van der Waals surface area contributed by atoms with Crippen molar-refractivity contribution in [3.8, 4) is 0 Å². The van der Waals surface area contributed by atoms with Crippen molar-refractivity contribution in [1.82, 2.24) is 9.62 Å². The largest absolute Gasteiger partial charge is 0.322 e. The van der Waals surface area contributed by atoms with Crippen LogP contribution < -0.4 is 10.5 Å². The summed E-state index contributed by atoms with van der Waals surface area (Å²) < 4.78 is 30.2. The maximum Gasteiger partial charge on any atom is 0.214 e. The highest BCUT2D eigenvalue weighted by Gasteiger charge is 2.43. The smallest absolute Gasteiger partial charge is 0.214 e. The van der Waals surface area contributed by atoms with E-state index in [0.29, 0.717) is 0 Å². The number of nitrogens with one attached hydrogen (secondary N) is 1. The van der Waals surface area contributed by atoms with Crippen LogP contribution in [0.1, 0.15) is 68.2 Å². The number of benzene rings is 2. The van der Waals surface area contributed by atoms with Gasteiger partial charge in [-0.15, -0.1) is 0 Å². The molecule has 0 amide bonds. The number of hydrogen-bond acceptors (Lipinski definition) is 4. The van der Waals surface area contributed by atoms with Crippen LogP contribution in [-0.4, -0.2) is 37.7 Å². The fourth-order valence-electron chi connectivity index (χ4n) is 5.42. The predicted octanol–water partition coefficient (Wildman–Crippen LogP) is 4.15. The Kier molecular flexibility index (Phi) is 7.12. The molecular formula is C25H35N3O2S. The van der Waals surface area contributed by atoms with Gasteiger partial charge in [-0.3, -0.25) is 4.90 Å². The molecule has 2 aromatic carbocycles. The fraction of sp³-hybridized carbons (Fsp3) is 0.520. The van der Waals surface area contributed by atoms with Crippen LogP contribution in [0.3, 0.4) is 0 Å². The van der Waals surface area contributed by atoms with Crippen molar-refractivity contribution in [1.29, 1.82) is 0 Å². The lowest BCUT2D eigenvalue weighted by molar-refractivity contribution is 0.0936. The highest BCUT2D eigenvalue weighted by molar-refractivity contribution is 7.89. The van der Waals surface area contributed by atoms with Gasteiger partial charge in [-0.25, -0.2) is 13.1 Å². The monoisotopic (exact) mass is 441 g/mol. The minimum atomic E-state index is -3.55. The Balaban J connectivity index is 1.60. The van der Waals surface area contributed by atoms with Gasteiger partial charge < -0.3 is 5.73 Å². The highest BCUT2D eigenvalue weighted by atomic mass is 32.2. The van der Waals surface area contributed by atoms with Crippen LogP contribution in [0.2, 0.25) is 0 Å². The first-order valence-corrected chi connectivity index (χ1v) is 13.2. The molecule has 1 saturated heterocycles. The lowest BCUT2D eigenvalue weighted by Gasteiger charge is -2.44. The normalized spacial score (nSPS) is 21.6. The van der Waals surface area contributed by atoms with Gasteiger partial charge in [-0.1, -0.05) is 79.9 Å². The SMILES string of the molecule is NC(c1ccccc1)C(NS(=O)(=O)CC1(N2CCCC2)CCCCC1)c1ccccc1. The van der Waals surface area contributed by atoms with E-state index in [4.69, 9.17) is 5.73 Å².